The predicted molar refractivity (Wildman–Crippen MR) is 87.4 cm³/mol. The van der Waals surface area contributed by atoms with Gasteiger partial charge >= 0.3 is 0 Å². The van der Waals surface area contributed by atoms with Gasteiger partial charge in [0.1, 0.15) is 11.5 Å². The molecule has 4 nitrogen and oxygen atoms in total. The standard InChI is InChI=1S/C17H31N3O/c1-6-20-8-7-19(11-14(20)4)12-17-9-16(15(5)21-17)10-18-13(2)3/h9,13-14,18H,6-8,10-12H2,1-5H3. The van der Waals surface area contributed by atoms with Gasteiger partial charge in [0.25, 0.3) is 0 Å². The molecule has 1 aliphatic heterocycles. The Morgan fingerprint density at radius 1 is 1.38 bits per heavy atom. The summed E-state index contributed by atoms with van der Waals surface area (Å²) in [6, 6.07) is 3.37. The van der Waals surface area contributed by atoms with E-state index in [2.05, 4.69) is 55.8 Å². The van der Waals surface area contributed by atoms with E-state index in [-0.39, 0.29) is 0 Å². The summed E-state index contributed by atoms with van der Waals surface area (Å²) >= 11 is 0. The third-order valence-electron chi connectivity index (χ3n) is 4.41. The molecule has 1 N–H and O–H groups in total. The average molecular weight is 293 g/mol. The minimum atomic E-state index is 0.505. The maximum Gasteiger partial charge on any atom is 0.118 e. The number of rotatable bonds is 6. The summed E-state index contributed by atoms with van der Waals surface area (Å²) in [5.74, 6) is 2.16. The fraction of sp³-hybridized carbons (Fsp3) is 0.765. The number of aryl methyl sites for hydroxylation is 1. The number of nitrogens with one attached hydrogen (secondary N) is 1. The lowest BCUT2D eigenvalue weighted by Crippen LogP contribution is -2.51. The highest BCUT2D eigenvalue weighted by atomic mass is 16.3. The van der Waals surface area contributed by atoms with Gasteiger partial charge in [0, 0.05) is 43.8 Å². The molecule has 0 radical (unpaired) electrons. The molecule has 0 saturated carbocycles. The van der Waals surface area contributed by atoms with E-state index in [9.17, 15) is 0 Å². The number of nitrogens with zero attached hydrogens (tertiary/aromatic N) is 2. The van der Waals surface area contributed by atoms with Gasteiger partial charge in [0.2, 0.25) is 0 Å². The van der Waals surface area contributed by atoms with Gasteiger partial charge in [-0.1, -0.05) is 20.8 Å². The fourth-order valence-electron chi connectivity index (χ4n) is 3.06. The zero-order valence-electron chi connectivity index (χ0n) is 14.3. The molecule has 1 fully saturated rings. The summed E-state index contributed by atoms with van der Waals surface area (Å²) in [5.41, 5.74) is 1.29. The van der Waals surface area contributed by atoms with Crippen molar-refractivity contribution in [3.63, 3.8) is 0 Å². The molecular formula is C17H31N3O. The molecule has 0 bridgehead atoms. The molecule has 21 heavy (non-hydrogen) atoms. The van der Waals surface area contributed by atoms with Crippen molar-refractivity contribution in [3.05, 3.63) is 23.2 Å². The normalized spacial score (nSPS) is 21.3. The van der Waals surface area contributed by atoms with Crippen molar-refractivity contribution in [2.75, 3.05) is 26.2 Å². The highest BCUT2D eigenvalue weighted by Crippen LogP contribution is 2.18. The van der Waals surface area contributed by atoms with Gasteiger partial charge in [-0.2, -0.15) is 0 Å². The zero-order valence-corrected chi connectivity index (χ0v) is 14.3. The average Bonchev–Trinajstić information content (AvgIpc) is 2.76. The molecule has 120 valence electrons. The number of hydrogen-bond acceptors (Lipinski definition) is 4. The minimum absolute atomic E-state index is 0.505. The van der Waals surface area contributed by atoms with E-state index in [1.165, 1.54) is 12.1 Å². The maximum absolute atomic E-state index is 5.94. The number of likely N-dealkylation sites (N-methyl/N-ethyl adjacent to an activating group) is 1. The Bertz CT molecular complexity index is 441. The summed E-state index contributed by atoms with van der Waals surface area (Å²) in [4.78, 5) is 5.05. The molecule has 0 spiro atoms. The summed E-state index contributed by atoms with van der Waals surface area (Å²) in [6.45, 7) is 17.4. The molecule has 0 amide bonds. The van der Waals surface area contributed by atoms with Crippen molar-refractivity contribution in [3.8, 4) is 0 Å². The summed E-state index contributed by atoms with van der Waals surface area (Å²) in [6.07, 6.45) is 0. The monoisotopic (exact) mass is 293 g/mol. The SMILES string of the molecule is CCN1CCN(Cc2cc(CNC(C)C)c(C)o2)CC1C. The Labute approximate surface area is 129 Å². The van der Waals surface area contributed by atoms with E-state index in [4.69, 9.17) is 4.42 Å². The predicted octanol–water partition coefficient (Wildman–Crippen LogP) is 2.61. The lowest BCUT2D eigenvalue weighted by molar-refractivity contribution is 0.0788. The van der Waals surface area contributed by atoms with Gasteiger partial charge in [-0.15, -0.1) is 0 Å². The van der Waals surface area contributed by atoms with Crippen LogP contribution in [0.5, 0.6) is 0 Å². The van der Waals surface area contributed by atoms with Crippen molar-refractivity contribution in [1.82, 2.24) is 15.1 Å². The molecule has 2 heterocycles. The quantitative estimate of drug-likeness (QED) is 0.874. The van der Waals surface area contributed by atoms with Crippen molar-refractivity contribution < 1.29 is 4.42 Å². The second-order valence-corrected chi connectivity index (χ2v) is 6.54. The van der Waals surface area contributed by atoms with E-state index in [1.54, 1.807) is 0 Å². The highest BCUT2D eigenvalue weighted by molar-refractivity contribution is 5.20. The number of piperazine rings is 1. The first-order chi connectivity index (χ1) is 9.99. The van der Waals surface area contributed by atoms with Crippen molar-refractivity contribution in [2.24, 2.45) is 0 Å². The molecular weight excluding hydrogens is 262 g/mol. The number of hydrogen-bond donors (Lipinski definition) is 1. The van der Waals surface area contributed by atoms with Crippen LogP contribution >= 0.6 is 0 Å². The van der Waals surface area contributed by atoms with Crippen LogP contribution in [0, 0.1) is 6.92 Å². The van der Waals surface area contributed by atoms with E-state index in [0.29, 0.717) is 12.1 Å². The van der Waals surface area contributed by atoms with Crippen LogP contribution in [0.4, 0.5) is 0 Å². The van der Waals surface area contributed by atoms with Gasteiger partial charge in [-0.25, -0.2) is 0 Å². The summed E-state index contributed by atoms with van der Waals surface area (Å²) in [7, 11) is 0. The first-order valence-corrected chi connectivity index (χ1v) is 8.27. The Kier molecular flexibility index (Phi) is 5.85. The van der Waals surface area contributed by atoms with Gasteiger partial charge in [-0.3, -0.25) is 9.80 Å². The molecule has 2 rings (SSSR count). The molecule has 1 atom stereocenters. The summed E-state index contributed by atoms with van der Waals surface area (Å²) in [5, 5.41) is 3.46. The first-order valence-electron chi connectivity index (χ1n) is 8.27. The van der Waals surface area contributed by atoms with Crippen LogP contribution in [0.25, 0.3) is 0 Å². The fourth-order valence-corrected chi connectivity index (χ4v) is 3.06. The molecule has 0 aliphatic carbocycles. The van der Waals surface area contributed by atoms with E-state index < -0.39 is 0 Å². The van der Waals surface area contributed by atoms with E-state index in [1.807, 2.05) is 0 Å². The van der Waals surface area contributed by atoms with Crippen molar-refractivity contribution >= 4 is 0 Å². The van der Waals surface area contributed by atoms with Gasteiger partial charge in [0.15, 0.2) is 0 Å². The van der Waals surface area contributed by atoms with Crippen LogP contribution in [0.3, 0.4) is 0 Å². The van der Waals surface area contributed by atoms with Crippen LogP contribution in [-0.4, -0.2) is 48.1 Å². The lowest BCUT2D eigenvalue weighted by Gasteiger charge is -2.38. The highest BCUT2D eigenvalue weighted by Gasteiger charge is 2.23. The first kappa shape index (κ1) is 16.5. The maximum atomic E-state index is 5.94. The third kappa shape index (κ3) is 4.56. The second-order valence-electron chi connectivity index (χ2n) is 6.54. The van der Waals surface area contributed by atoms with Crippen LogP contribution < -0.4 is 5.32 Å². The topological polar surface area (TPSA) is 31.6 Å². The summed E-state index contributed by atoms with van der Waals surface area (Å²) < 4.78 is 5.94. The van der Waals surface area contributed by atoms with Gasteiger partial charge < -0.3 is 9.73 Å². The van der Waals surface area contributed by atoms with E-state index >= 15 is 0 Å². The van der Waals surface area contributed by atoms with Gasteiger partial charge in [0.05, 0.1) is 6.54 Å². The zero-order chi connectivity index (χ0) is 15.4. The second kappa shape index (κ2) is 7.43. The molecule has 4 heteroatoms. The molecule has 1 aromatic heterocycles. The smallest absolute Gasteiger partial charge is 0.118 e. The lowest BCUT2D eigenvalue weighted by atomic mass is 10.2. The molecule has 1 unspecified atom stereocenters. The Morgan fingerprint density at radius 2 is 2.14 bits per heavy atom. The van der Waals surface area contributed by atoms with Crippen molar-refractivity contribution in [2.45, 2.75) is 59.8 Å². The Morgan fingerprint density at radius 3 is 2.76 bits per heavy atom. The van der Waals surface area contributed by atoms with Crippen LogP contribution in [0.1, 0.15) is 44.8 Å². The molecule has 0 aromatic carbocycles. The molecule has 1 saturated heterocycles. The van der Waals surface area contributed by atoms with Gasteiger partial charge in [-0.05, 0) is 26.5 Å². The van der Waals surface area contributed by atoms with Crippen LogP contribution in [0.2, 0.25) is 0 Å². The molecule has 1 aliphatic rings. The third-order valence-corrected chi connectivity index (χ3v) is 4.41. The Balaban J connectivity index is 1.90. The van der Waals surface area contributed by atoms with Crippen LogP contribution in [0.15, 0.2) is 10.5 Å². The number of furan rings is 1. The largest absolute Gasteiger partial charge is 0.465 e. The van der Waals surface area contributed by atoms with Crippen molar-refractivity contribution in [1.29, 1.82) is 0 Å². The molecule has 1 aromatic rings. The van der Waals surface area contributed by atoms with Crippen LogP contribution in [-0.2, 0) is 13.1 Å². The minimum Gasteiger partial charge on any atom is -0.465 e. The Hall–Kier alpha value is -0.840. The van der Waals surface area contributed by atoms with E-state index in [0.717, 1.165) is 44.2 Å².